The Balaban J connectivity index is 1.64. The van der Waals surface area contributed by atoms with Crippen molar-refractivity contribution in [2.24, 2.45) is 5.10 Å². The molecule has 3 aromatic carbocycles. The summed E-state index contributed by atoms with van der Waals surface area (Å²) in [5.41, 5.74) is 4.69. The lowest BCUT2D eigenvalue weighted by Gasteiger charge is -2.24. The summed E-state index contributed by atoms with van der Waals surface area (Å²) in [5, 5.41) is 3.95. The number of carbonyl (C=O) groups is 2. The molecular formula is C29H33N3O6S. The van der Waals surface area contributed by atoms with Gasteiger partial charge < -0.3 is 9.47 Å². The Morgan fingerprint density at radius 3 is 2.03 bits per heavy atom. The number of hydrogen-bond donors (Lipinski definition) is 1. The van der Waals surface area contributed by atoms with E-state index in [1.807, 2.05) is 13.8 Å². The third-order valence-corrected chi connectivity index (χ3v) is 7.07. The smallest absolute Gasteiger partial charge is 0.344 e. The van der Waals surface area contributed by atoms with Crippen LogP contribution in [0.2, 0.25) is 0 Å². The number of hydrogen-bond acceptors (Lipinski definition) is 7. The number of ether oxygens (including phenoxy) is 2. The van der Waals surface area contributed by atoms with Gasteiger partial charge >= 0.3 is 5.97 Å². The Morgan fingerprint density at radius 1 is 0.897 bits per heavy atom. The molecule has 0 aliphatic heterocycles. The van der Waals surface area contributed by atoms with Crippen LogP contribution in [0.25, 0.3) is 0 Å². The highest BCUT2D eigenvalue weighted by Gasteiger charge is 2.27. The highest BCUT2D eigenvalue weighted by molar-refractivity contribution is 7.92. The Kier molecular flexibility index (Phi) is 9.47. The fraction of sp³-hybridized carbons (Fsp3) is 0.276. The van der Waals surface area contributed by atoms with E-state index in [2.05, 4.69) is 10.5 Å². The molecule has 0 unspecified atom stereocenters. The van der Waals surface area contributed by atoms with Crippen molar-refractivity contribution in [1.29, 1.82) is 0 Å². The van der Waals surface area contributed by atoms with E-state index in [4.69, 9.17) is 9.47 Å². The molecule has 0 bridgehead atoms. The molecule has 0 atom stereocenters. The zero-order valence-electron chi connectivity index (χ0n) is 22.7. The number of nitrogens with one attached hydrogen (secondary N) is 1. The van der Waals surface area contributed by atoms with Gasteiger partial charge in [-0.05, 0) is 88.7 Å². The molecule has 0 fully saturated rings. The normalized spacial score (nSPS) is 11.7. The number of nitrogens with zero attached hydrogens (tertiary/aromatic N) is 2. The van der Waals surface area contributed by atoms with Crippen LogP contribution in [0.1, 0.15) is 37.5 Å². The maximum Gasteiger partial charge on any atom is 0.344 e. The number of anilines is 1. The lowest BCUT2D eigenvalue weighted by atomic mass is 10.2. The van der Waals surface area contributed by atoms with Gasteiger partial charge in [0.05, 0.1) is 16.8 Å². The van der Waals surface area contributed by atoms with E-state index in [9.17, 15) is 18.0 Å². The number of rotatable bonds is 10. The molecule has 0 aliphatic carbocycles. The molecule has 1 amide bonds. The second kappa shape index (κ2) is 12.6. The van der Waals surface area contributed by atoms with E-state index in [1.165, 1.54) is 18.3 Å². The summed E-state index contributed by atoms with van der Waals surface area (Å²) < 4.78 is 38.5. The fourth-order valence-electron chi connectivity index (χ4n) is 3.37. The molecule has 0 radical (unpaired) electrons. The second-order valence-electron chi connectivity index (χ2n) is 9.90. The predicted octanol–water partition coefficient (Wildman–Crippen LogP) is 4.37. The monoisotopic (exact) mass is 551 g/mol. The maximum atomic E-state index is 13.4. The van der Waals surface area contributed by atoms with Crippen LogP contribution >= 0.6 is 0 Å². The van der Waals surface area contributed by atoms with Crippen molar-refractivity contribution in [2.75, 3.05) is 17.5 Å². The second-order valence-corrected chi connectivity index (χ2v) is 11.8. The molecule has 0 aromatic heterocycles. The maximum absolute atomic E-state index is 13.4. The first-order chi connectivity index (χ1) is 18.3. The van der Waals surface area contributed by atoms with Gasteiger partial charge in [0.1, 0.15) is 17.9 Å². The molecule has 3 rings (SSSR count). The molecule has 0 saturated heterocycles. The minimum absolute atomic E-state index is 0.0824. The summed E-state index contributed by atoms with van der Waals surface area (Å²) in [7, 11) is -4.01. The first-order valence-corrected chi connectivity index (χ1v) is 13.7. The van der Waals surface area contributed by atoms with Gasteiger partial charge in [-0.3, -0.25) is 9.10 Å². The van der Waals surface area contributed by atoms with Gasteiger partial charge in [0, 0.05) is 0 Å². The highest BCUT2D eigenvalue weighted by Crippen LogP contribution is 2.24. The number of amides is 1. The number of aryl methyl sites for hydroxylation is 2. The predicted molar refractivity (Wildman–Crippen MR) is 150 cm³/mol. The van der Waals surface area contributed by atoms with Crippen molar-refractivity contribution in [3.05, 3.63) is 89.5 Å². The van der Waals surface area contributed by atoms with Crippen molar-refractivity contribution in [2.45, 2.75) is 45.1 Å². The summed E-state index contributed by atoms with van der Waals surface area (Å²) in [6.07, 6.45) is 1.42. The summed E-state index contributed by atoms with van der Waals surface area (Å²) >= 11 is 0. The molecular weight excluding hydrogens is 518 g/mol. The molecule has 1 N–H and O–H groups in total. The van der Waals surface area contributed by atoms with E-state index >= 15 is 0 Å². The Labute approximate surface area is 229 Å². The van der Waals surface area contributed by atoms with Gasteiger partial charge in [0.25, 0.3) is 15.9 Å². The summed E-state index contributed by atoms with van der Waals surface area (Å²) in [4.78, 5) is 24.6. The van der Waals surface area contributed by atoms with Crippen LogP contribution in [-0.4, -0.2) is 45.3 Å². The van der Waals surface area contributed by atoms with Crippen LogP contribution in [0, 0.1) is 13.8 Å². The van der Waals surface area contributed by atoms with Gasteiger partial charge in [-0.2, -0.15) is 5.10 Å². The van der Waals surface area contributed by atoms with E-state index in [1.54, 1.807) is 81.4 Å². The highest BCUT2D eigenvalue weighted by atomic mass is 32.2. The first-order valence-electron chi connectivity index (χ1n) is 12.3. The van der Waals surface area contributed by atoms with Crippen LogP contribution < -0.4 is 14.5 Å². The molecule has 0 heterocycles. The van der Waals surface area contributed by atoms with E-state index < -0.39 is 34.0 Å². The third kappa shape index (κ3) is 8.96. The van der Waals surface area contributed by atoms with Gasteiger partial charge in [-0.25, -0.2) is 18.6 Å². The topological polar surface area (TPSA) is 114 Å². The van der Waals surface area contributed by atoms with E-state index in [-0.39, 0.29) is 11.5 Å². The Morgan fingerprint density at radius 2 is 1.46 bits per heavy atom. The molecule has 0 aliphatic rings. The number of esters is 1. The molecule has 9 nitrogen and oxygen atoms in total. The van der Waals surface area contributed by atoms with Crippen LogP contribution in [0.3, 0.4) is 0 Å². The Bertz CT molecular complexity index is 1410. The molecule has 0 saturated carbocycles. The zero-order chi connectivity index (χ0) is 28.6. The van der Waals surface area contributed by atoms with E-state index in [0.717, 1.165) is 15.4 Å². The van der Waals surface area contributed by atoms with Crippen LogP contribution in [0.5, 0.6) is 5.75 Å². The lowest BCUT2D eigenvalue weighted by Crippen LogP contribution is -2.39. The summed E-state index contributed by atoms with van der Waals surface area (Å²) in [6.45, 7) is 8.41. The summed E-state index contributed by atoms with van der Waals surface area (Å²) in [6, 6.07) is 20.0. The van der Waals surface area contributed by atoms with Gasteiger partial charge in [-0.15, -0.1) is 0 Å². The average Bonchev–Trinajstić information content (AvgIpc) is 2.87. The van der Waals surface area contributed by atoms with Crippen molar-refractivity contribution in [3.8, 4) is 5.75 Å². The van der Waals surface area contributed by atoms with E-state index in [0.29, 0.717) is 17.0 Å². The SMILES string of the molecule is Cc1ccc(N(CC(=O)N/N=C\c2ccc(OCC(=O)OC(C)(C)C)cc2)S(=O)(=O)c2ccc(C)cc2)cc1. The number of benzene rings is 3. The first kappa shape index (κ1) is 29.4. The van der Waals surface area contributed by atoms with Gasteiger partial charge in [-0.1, -0.05) is 35.4 Å². The number of hydrazone groups is 1. The van der Waals surface area contributed by atoms with Crippen LogP contribution in [0.15, 0.2) is 82.8 Å². The third-order valence-electron chi connectivity index (χ3n) is 5.28. The van der Waals surface area contributed by atoms with Gasteiger partial charge in [0.2, 0.25) is 0 Å². The molecule has 0 spiro atoms. The number of carbonyl (C=O) groups excluding carboxylic acids is 2. The molecule has 39 heavy (non-hydrogen) atoms. The standard InChI is InChI=1S/C29H33N3O6S/c1-21-6-12-24(13-7-21)32(39(35,36)26-16-8-22(2)9-17-26)19-27(33)31-30-18-23-10-14-25(15-11-23)37-20-28(34)38-29(3,4)5/h6-18H,19-20H2,1-5H3,(H,31,33)/b30-18-. The lowest BCUT2D eigenvalue weighted by molar-refractivity contribution is -0.157. The fourth-order valence-corrected chi connectivity index (χ4v) is 4.79. The van der Waals surface area contributed by atoms with Crippen molar-refractivity contribution in [1.82, 2.24) is 5.43 Å². The number of sulfonamides is 1. The largest absolute Gasteiger partial charge is 0.482 e. The molecule has 206 valence electrons. The Hall–Kier alpha value is -4.18. The van der Waals surface area contributed by atoms with Crippen molar-refractivity contribution in [3.63, 3.8) is 0 Å². The summed E-state index contributed by atoms with van der Waals surface area (Å²) in [5.74, 6) is -0.614. The van der Waals surface area contributed by atoms with Crippen LogP contribution in [0.4, 0.5) is 5.69 Å². The van der Waals surface area contributed by atoms with Crippen LogP contribution in [-0.2, 0) is 24.3 Å². The minimum atomic E-state index is -4.01. The average molecular weight is 552 g/mol. The quantitative estimate of drug-likeness (QED) is 0.227. The molecule has 3 aromatic rings. The zero-order valence-corrected chi connectivity index (χ0v) is 23.5. The van der Waals surface area contributed by atoms with Crippen molar-refractivity contribution < 1.29 is 27.5 Å². The van der Waals surface area contributed by atoms with Crippen molar-refractivity contribution >= 4 is 33.8 Å². The molecule has 10 heteroatoms. The minimum Gasteiger partial charge on any atom is -0.482 e. The van der Waals surface area contributed by atoms with Gasteiger partial charge in [0.15, 0.2) is 6.61 Å².